The van der Waals surface area contributed by atoms with E-state index in [1.807, 2.05) is 0 Å². The maximum Gasteiger partial charge on any atom is 2.00 e. The van der Waals surface area contributed by atoms with Crippen LogP contribution in [0.15, 0.2) is 24.3 Å². The molecule has 0 unspecified atom stereocenters. The van der Waals surface area contributed by atoms with Gasteiger partial charge in [0.1, 0.15) is 0 Å². The van der Waals surface area contributed by atoms with Gasteiger partial charge in [0.2, 0.25) is 0 Å². The molecule has 0 saturated carbocycles. The first-order chi connectivity index (χ1) is 25.3. The van der Waals surface area contributed by atoms with Crippen molar-refractivity contribution < 1.29 is 38.9 Å². The largest absolute Gasteiger partial charge is 2.00 e. The van der Waals surface area contributed by atoms with Crippen LogP contribution in [0.2, 0.25) is 0 Å². The standard InChI is InChI=1S/2C22H40O4.Ca/c2*1-2-3-4-5-6-7-8-9-10-11-12-13-14-15-16-17-20-26-22(25)19-18-21(23)24;/h2*18-19H,2-17,20H2,1H3,(H,23,24);/q;;+2/p-2. The fourth-order valence-electron chi connectivity index (χ4n) is 6.01. The van der Waals surface area contributed by atoms with E-state index >= 15 is 0 Å². The van der Waals surface area contributed by atoms with E-state index in [1.54, 1.807) is 0 Å². The maximum absolute atomic E-state index is 11.1. The number of carboxylic acid groups (broad SMARTS) is 2. The van der Waals surface area contributed by atoms with E-state index in [2.05, 4.69) is 13.8 Å². The number of carboxylic acids is 2. The Morgan fingerprint density at radius 1 is 0.340 bits per heavy atom. The quantitative estimate of drug-likeness (QED) is 0.0262. The molecule has 0 atom stereocenters. The third kappa shape index (κ3) is 55.1. The summed E-state index contributed by atoms with van der Waals surface area (Å²) in [5, 5.41) is 20.3. The molecular weight excluding hydrogens is 697 g/mol. The second-order valence-corrected chi connectivity index (χ2v) is 14.2. The van der Waals surface area contributed by atoms with Gasteiger partial charge >= 0.3 is 49.7 Å². The summed E-state index contributed by atoms with van der Waals surface area (Å²) in [5.74, 6) is -4.00. The smallest absolute Gasteiger partial charge is 0.545 e. The monoisotopic (exact) mass is 775 g/mol. The Morgan fingerprint density at radius 2 is 0.528 bits per heavy atom. The van der Waals surface area contributed by atoms with Crippen LogP contribution in [0.25, 0.3) is 0 Å². The zero-order chi connectivity index (χ0) is 38.6. The van der Waals surface area contributed by atoms with Crippen molar-refractivity contribution in [1.82, 2.24) is 0 Å². The number of hydrogen-bond donors (Lipinski definition) is 0. The molecule has 0 aromatic rings. The minimum atomic E-state index is -1.38. The third-order valence-electron chi connectivity index (χ3n) is 9.20. The van der Waals surface area contributed by atoms with Crippen LogP contribution in [0.3, 0.4) is 0 Å². The molecule has 0 aliphatic carbocycles. The molecule has 0 saturated heterocycles. The molecule has 0 heterocycles. The molecule has 8 nitrogen and oxygen atoms in total. The van der Waals surface area contributed by atoms with Crippen LogP contribution in [0.4, 0.5) is 0 Å². The summed E-state index contributed by atoms with van der Waals surface area (Å²) in [6, 6.07) is 0. The van der Waals surface area contributed by atoms with Crippen molar-refractivity contribution in [3.05, 3.63) is 24.3 Å². The molecule has 0 rings (SSSR count). The topological polar surface area (TPSA) is 133 Å². The predicted molar refractivity (Wildman–Crippen MR) is 215 cm³/mol. The Kier molecular flexibility index (Phi) is 51.4. The van der Waals surface area contributed by atoms with Crippen LogP contribution in [0, 0.1) is 0 Å². The average molecular weight is 775 g/mol. The van der Waals surface area contributed by atoms with E-state index in [4.69, 9.17) is 9.47 Å². The fourth-order valence-corrected chi connectivity index (χ4v) is 6.01. The van der Waals surface area contributed by atoms with E-state index in [1.165, 1.54) is 180 Å². The van der Waals surface area contributed by atoms with E-state index in [0.29, 0.717) is 25.4 Å². The molecule has 0 fully saturated rings. The van der Waals surface area contributed by atoms with E-state index in [0.717, 1.165) is 37.8 Å². The zero-order valence-corrected chi connectivity index (χ0v) is 36.5. The zero-order valence-electron chi connectivity index (χ0n) is 34.3. The fraction of sp³-hybridized carbons (Fsp3) is 0.818. The number of esters is 2. The van der Waals surface area contributed by atoms with E-state index in [9.17, 15) is 29.4 Å². The molecule has 0 bridgehead atoms. The van der Waals surface area contributed by atoms with Gasteiger partial charge in [-0.1, -0.05) is 206 Å². The van der Waals surface area contributed by atoms with Gasteiger partial charge in [-0.25, -0.2) is 9.59 Å². The van der Waals surface area contributed by atoms with Gasteiger partial charge in [0.15, 0.2) is 0 Å². The molecule has 0 radical (unpaired) electrons. The number of aliphatic carboxylic acids is 2. The van der Waals surface area contributed by atoms with Crippen LogP contribution in [0.1, 0.15) is 219 Å². The summed E-state index contributed by atoms with van der Waals surface area (Å²) in [4.78, 5) is 42.5. The van der Waals surface area contributed by atoms with Gasteiger partial charge in [-0.2, -0.15) is 0 Å². The summed E-state index contributed by atoms with van der Waals surface area (Å²) >= 11 is 0. The third-order valence-corrected chi connectivity index (χ3v) is 9.20. The number of unbranched alkanes of at least 4 members (excludes halogenated alkanes) is 30. The van der Waals surface area contributed by atoms with Crippen LogP contribution in [-0.4, -0.2) is 74.8 Å². The summed E-state index contributed by atoms with van der Waals surface area (Å²) in [5.41, 5.74) is 0. The van der Waals surface area contributed by atoms with Gasteiger partial charge in [0.05, 0.1) is 25.2 Å². The normalized spacial score (nSPS) is 10.9. The molecule has 304 valence electrons. The predicted octanol–water partition coefficient (Wildman–Crippen LogP) is 9.81. The van der Waals surface area contributed by atoms with Crippen molar-refractivity contribution in [3.63, 3.8) is 0 Å². The number of hydrogen-bond acceptors (Lipinski definition) is 8. The van der Waals surface area contributed by atoms with Crippen molar-refractivity contribution in [1.29, 1.82) is 0 Å². The number of carbonyl (C=O) groups is 4. The Morgan fingerprint density at radius 3 is 0.717 bits per heavy atom. The number of ether oxygens (including phenoxy) is 2. The van der Waals surface area contributed by atoms with Crippen LogP contribution < -0.4 is 10.2 Å². The minimum absolute atomic E-state index is 0. The molecule has 53 heavy (non-hydrogen) atoms. The second-order valence-electron chi connectivity index (χ2n) is 14.2. The van der Waals surface area contributed by atoms with Crippen molar-refractivity contribution in [2.75, 3.05) is 13.2 Å². The number of carbonyl (C=O) groups excluding carboxylic acids is 4. The van der Waals surface area contributed by atoms with Gasteiger partial charge in [-0.05, 0) is 25.0 Å². The van der Waals surface area contributed by atoms with Gasteiger partial charge in [-0.3, -0.25) is 0 Å². The first-order valence-corrected chi connectivity index (χ1v) is 21.4. The Bertz CT molecular complexity index is 803. The SMILES string of the molecule is CCCCCCCCCCCCCCCCCCOC(=O)C=CC(=O)[O-].CCCCCCCCCCCCCCCCCCOC(=O)C=CC(=O)[O-].[Ca+2]. The molecule has 9 heteroatoms. The summed E-state index contributed by atoms with van der Waals surface area (Å²) in [7, 11) is 0. The first-order valence-electron chi connectivity index (χ1n) is 21.4. The Balaban J connectivity index is -0.000000926. The molecule has 0 aliphatic rings. The summed E-state index contributed by atoms with van der Waals surface area (Å²) in [6.07, 6.45) is 44.9. The molecule has 0 aliphatic heterocycles. The van der Waals surface area contributed by atoms with Crippen molar-refractivity contribution in [2.45, 2.75) is 219 Å². The average Bonchev–Trinajstić information content (AvgIpc) is 3.12. The maximum atomic E-state index is 11.1. The van der Waals surface area contributed by atoms with Crippen molar-refractivity contribution in [3.8, 4) is 0 Å². The molecule has 0 aromatic carbocycles. The van der Waals surface area contributed by atoms with Crippen LogP contribution >= 0.6 is 0 Å². The summed E-state index contributed by atoms with van der Waals surface area (Å²) < 4.78 is 9.79. The van der Waals surface area contributed by atoms with E-state index < -0.39 is 23.9 Å². The first kappa shape index (κ1) is 56.0. The van der Waals surface area contributed by atoms with Gasteiger partial charge in [0, 0.05) is 12.2 Å². The number of rotatable bonds is 38. The summed E-state index contributed by atoms with van der Waals surface area (Å²) in [6.45, 7) is 5.24. The van der Waals surface area contributed by atoms with Crippen molar-refractivity contribution in [2.24, 2.45) is 0 Å². The van der Waals surface area contributed by atoms with Crippen LogP contribution in [0.5, 0.6) is 0 Å². The van der Waals surface area contributed by atoms with E-state index in [-0.39, 0.29) is 37.7 Å². The Labute approximate surface area is 355 Å². The molecular formula is C44H78CaO8. The van der Waals surface area contributed by atoms with Crippen LogP contribution in [-0.2, 0) is 28.7 Å². The molecule has 0 amide bonds. The van der Waals surface area contributed by atoms with Gasteiger partial charge in [0.25, 0.3) is 0 Å². The minimum Gasteiger partial charge on any atom is -0.545 e. The second kappa shape index (κ2) is 48.6. The Hall–Kier alpha value is -1.38. The van der Waals surface area contributed by atoms with Gasteiger partial charge in [-0.15, -0.1) is 0 Å². The molecule has 0 spiro atoms. The molecule has 0 aromatic heterocycles. The van der Waals surface area contributed by atoms with Gasteiger partial charge < -0.3 is 29.3 Å². The van der Waals surface area contributed by atoms with Crippen molar-refractivity contribution >= 4 is 61.6 Å². The molecule has 0 N–H and O–H groups in total.